The summed E-state index contributed by atoms with van der Waals surface area (Å²) in [5.74, 6) is -0.687. The number of carbonyl (C=O) groups is 2. The van der Waals surface area contributed by atoms with Crippen LogP contribution in [0.2, 0.25) is 0 Å². The molecule has 0 unspecified atom stereocenters. The van der Waals surface area contributed by atoms with Crippen LogP contribution in [-0.4, -0.2) is 21.9 Å². The second kappa shape index (κ2) is 9.90. The van der Waals surface area contributed by atoms with Gasteiger partial charge in [-0.05, 0) is 55.6 Å². The number of benzene rings is 3. The number of fused-ring (bicyclic) bond motifs is 1. The van der Waals surface area contributed by atoms with E-state index in [0.29, 0.717) is 19.9 Å². The molecule has 1 amide bonds. The molecule has 0 bridgehead atoms. The summed E-state index contributed by atoms with van der Waals surface area (Å²) in [7, 11) is 0. The standard InChI is InChI=1S/C25H19Br2NO6/c26-16-8-14(9-17(27)25(16)32)24(31)23-15-10-18(29)21(33-12-13-4-2-1-3-5-13)11-20(15)34-19(23)6-7-22(28)30/h1-5,8-11,29,32H,6-7,12H2,(H2,28,30). The number of aryl methyl sites for hydroxylation is 1. The Bertz CT molecular complexity index is 1370. The van der Waals surface area contributed by atoms with Crippen LogP contribution in [0.25, 0.3) is 11.0 Å². The Morgan fingerprint density at radius 2 is 1.68 bits per heavy atom. The number of hydrogen-bond acceptors (Lipinski definition) is 6. The number of halogens is 2. The van der Waals surface area contributed by atoms with Gasteiger partial charge in [0.2, 0.25) is 5.91 Å². The van der Waals surface area contributed by atoms with Gasteiger partial charge in [-0.2, -0.15) is 0 Å². The van der Waals surface area contributed by atoms with Gasteiger partial charge in [-0.15, -0.1) is 0 Å². The molecule has 34 heavy (non-hydrogen) atoms. The number of primary amides is 1. The fourth-order valence-electron chi connectivity index (χ4n) is 3.52. The highest BCUT2D eigenvalue weighted by atomic mass is 79.9. The van der Waals surface area contributed by atoms with E-state index in [1.807, 2.05) is 30.3 Å². The second-order valence-corrected chi connectivity index (χ2v) is 9.28. The minimum atomic E-state index is -0.538. The molecule has 4 N–H and O–H groups in total. The van der Waals surface area contributed by atoms with E-state index in [9.17, 15) is 19.8 Å². The van der Waals surface area contributed by atoms with Crippen molar-refractivity contribution in [2.75, 3.05) is 0 Å². The minimum Gasteiger partial charge on any atom is -0.506 e. The van der Waals surface area contributed by atoms with Crippen molar-refractivity contribution >= 4 is 54.5 Å². The van der Waals surface area contributed by atoms with Crippen molar-refractivity contribution in [3.8, 4) is 17.2 Å². The van der Waals surface area contributed by atoms with Gasteiger partial charge in [0, 0.05) is 29.9 Å². The number of ketones is 1. The molecule has 0 fully saturated rings. The monoisotopic (exact) mass is 587 g/mol. The van der Waals surface area contributed by atoms with Crippen LogP contribution in [0.5, 0.6) is 17.2 Å². The molecule has 0 radical (unpaired) electrons. The quantitative estimate of drug-likeness (QED) is 0.230. The summed E-state index contributed by atoms with van der Waals surface area (Å²) in [6, 6.07) is 15.4. The van der Waals surface area contributed by atoms with Crippen LogP contribution in [-0.2, 0) is 17.8 Å². The summed E-state index contributed by atoms with van der Waals surface area (Å²) >= 11 is 6.46. The maximum absolute atomic E-state index is 13.5. The first-order valence-corrected chi connectivity index (χ1v) is 11.8. The number of nitrogens with two attached hydrogens (primary N) is 1. The maximum Gasteiger partial charge on any atom is 0.217 e. The van der Waals surface area contributed by atoms with E-state index >= 15 is 0 Å². The number of hydrogen-bond donors (Lipinski definition) is 3. The molecule has 7 nitrogen and oxygen atoms in total. The highest BCUT2D eigenvalue weighted by Crippen LogP contribution is 2.39. The van der Waals surface area contributed by atoms with Crippen LogP contribution >= 0.6 is 31.9 Å². The Balaban J connectivity index is 1.77. The SMILES string of the molecule is NC(=O)CCc1oc2cc(OCc3ccccc3)c(O)cc2c1C(=O)c1cc(Br)c(O)c(Br)c1. The van der Waals surface area contributed by atoms with Gasteiger partial charge in [-0.1, -0.05) is 30.3 Å². The van der Waals surface area contributed by atoms with Gasteiger partial charge in [-0.25, -0.2) is 0 Å². The first-order valence-electron chi connectivity index (χ1n) is 10.2. The predicted molar refractivity (Wildman–Crippen MR) is 133 cm³/mol. The van der Waals surface area contributed by atoms with E-state index in [1.54, 1.807) is 0 Å². The lowest BCUT2D eigenvalue weighted by molar-refractivity contribution is -0.118. The van der Waals surface area contributed by atoms with E-state index in [1.165, 1.54) is 24.3 Å². The lowest BCUT2D eigenvalue weighted by Gasteiger charge is -2.09. The van der Waals surface area contributed by atoms with Crippen molar-refractivity contribution in [3.05, 3.63) is 86.0 Å². The Labute approximate surface area is 211 Å². The number of amides is 1. The number of phenolic OH excluding ortho intramolecular Hbond substituents is 2. The van der Waals surface area contributed by atoms with Gasteiger partial charge in [0.15, 0.2) is 17.3 Å². The highest BCUT2D eigenvalue weighted by Gasteiger charge is 2.25. The van der Waals surface area contributed by atoms with Crippen molar-refractivity contribution in [1.29, 1.82) is 0 Å². The van der Waals surface area contributed by atoms with Gasteiger partial charge in [-0.3, -0.25) is 9.59 Å². The summed E-state index contributed by atoms with van der Waals surface area (Å²) in [6.07, 6.45) is 0.0822. The molecular formula is C25H19Br2NO6. The Morgan fingerprint density at radius 3 is 2.32 bits per heavy atom. The number of ether oxygens (including phenoxy) is 1. The van der Waals surface area contributed by atoms with Crippen LogP contribution in [0.4, 0.5) is 0 Å². The van der Waals surface area contributed by atoms with Crippen molar-refractivity contribution in [1.82, 2.24) is 0 Å². The summed E-state index contributed by atoms with van der Waals surface area (Å²) in [6.45, 7) is 0.233. The minimum absolute atomic E-state index is 0.0214. The first kappa shape index (κ1) is 23.8. The molecule has 4 rings (SSSR count). The third kappa shape index (κ3) is 4.95. The number of carbonyl (C=O) groups excluding carboxylic acids is 2. The van der Waals surface area contributed by atoms with Crippen LogP contribution < -0.4 is 10.5 Å². The summed E-state index contributed by atoms with van der Waals surface area (Å²) < 4.78 is 12.3. The number of furan rings is 1. The topological polar surface area (TPSA) is 123 Å². The van der Waals surface area contributed by atoms with E-state index in [4.69, 9.17) is 14.9 Å². The molecule has 0 atom stereocenters. The molecule has 0 saturated heterocycles. The molecule has 0 saturated carbocycles. The maximum atomic E-state index is 13.5. The Morgan fingerprint density at radius 1 is 1.00 bits per heavy atom. The molecule has 174 valence electrons. The summed E-state index contributed by atoms with van der Waals surface area (Å²) in [5.41, 5.74) is 7.01. The van der Waals surface area contributed by atoms with Gasteiger partial charge < -0.3 is 25.1 Å². The Hall–Kier alpha value is -3.30. The average Bonchev–Trinajstić information content (AvgIpc) is 3.16. The number of rotatable bonds is 8. The summed E-state index contributed by atoms with van der Waals surface area (Å²) in [4.78, 5) is 24.9. The van der Waals surface area contributed by atoms with Crippen LogP contribution in [0.15, 0.2) is 68.0 Å². The third-order valence-corrected chi connectivity index (χ3v) is 6.39. The lowest BCUT2D eigenvalue weighted by atomic mass is 9.98. The summed E-state index contributed by atoms with van der Waals surface area (Å²) in [5, 5.41) is 21.0. The molecule has 9 heteroatoms. The van der Waals surface area contributed by atoms with Crippen molar-refractivity contribution in [3.63, 3.8) is 0 Å². The molecule has 0 aliphatic heterocycles. The zero-order chi connectivity index (χ0) is 24.4. The molecule has 1 aromatic heterocycles. The fourth-order valence-corrected chi connectivity index (χ4v) is 4.70. The van der Waals surface area contributed by atoms with Crippen LogP contribution in [0, 0.1) is 0 Å². The van der Waals surface area contributed by atoms with Crippen LogP contribution in [0.3, 0.4) is 0 Å². The van der Waals surface area contributed by atoms with Gasteiger partial charge in [0.05, 0.1) is 14.5 Å². The van der Waals surface area contributed by atoms with Gasteiger partial charge >= 0.3 is 0 Å². The number of phenols is 2. The fraction of sp³-hybridized carbons (Fsp3) is 0.120. The van der Waals surface area contributed by atoms with E-state index in [-0.39, 0.29) is 53.6 Å². The van der Waals surface area contributed by atoms with Crippen molar-refractivity contribution in [2.24, 2.45) is 5.73 Å². The van der Waals surface area contributed by atoms with Gasteiger partial charge in [0.1, 0.15) is 23.7 Å². The second-order valence-electron chi connectivity index (χ2n) is 7.57. The molecule has 4 aromatic rings. The van der Waals surface area contributed by atoms with E-state index in [0.717, 1.165) is 5.56 Å². The average molecular weight is 589 g/mol. The molecule has 0 aliphatic carbocycles. The molecule has 0 spiro atoms. The molecule has 0 aliphatic rings. The zero-order valence-corrected chi connectivity index (χ0v) is 20.9. The molecule has 3 aromatic carbocycles. The third-order valence-electron chi connectivity index (χ3n) is 5.18. The lowest BCUT2D eigenvalue weighted by Crippen LogP contribution is -2.12. The number of aromatic hydroxyl groups is 2. The molecular weight excluding hydrogens is 570 g/mol. The first-order chi connectivity index (χ1) is 16.2. The highest BCUT2D eigenvalue weighted by molar-refractivity contribution is 9.11. The van der Waals surface area contributed by atoms with Crippen LogP contribution in [0.1, 0.15) is 33.7 Å². The van der Waals surface area contributed by atoms with E-state index < -0.39 is 11.7 Å². The van der Waals surface area contributed by atoms with Gasteiger partial charge in [0.25, 0.3) is 0 Å². The van der Waals surface area contributed by atoms with Crippen molar-refractivity contribution in [2.45, 2.75) is 19.4 Å². The zero-order valence-electron chi connectivity index (χ0n) is 17.7. The predicted octanol–water partition coefficient (Wildman–Crippen LogP) is 5.60. The van der Waals surface area contributed by atoms with Crippen molar-refractivity contribution < 1.29 is 29.0 Å². The Kier molecular flexibility index (Phi) is 6.95. The van der Waals surface area contributed by atoms with E-state index in [2.05, 4.69) is 31.9 Å². The normalized spacial score (nSPS) is 11.0. The smallest absolute Gasteiger partial charge is 0.217 e. The molecule has 1 heterocycles. The largest absolute Gasteiger partial charge is 0.506 e.